The molecule has 9 heteroatoms. The van der Waals surface area contributed by atoms with Gasteiger partial charge in [-0.15, -0.1) is 10.2 Å². The molecule has 0 atom stereocenters. The van der Waals surface area contributed by atoms with Gasteiger partial charge in [-0.05, 0) is 32.0 Å². The van der Waals surface area contributed by atoms with Gasteiger partial charge in [0, 0.05) is 18.7 Å². The highest BCUT2D eigenvalue weighted by Gasteiger charge is 2.16. The Bertz CT molecular complexity index is 1250. The molecule has 1 N–H and O–H groups in total. The van der Waals surface area contributed by atoms with Crippen molar-refractivity contribution in [2.24, 2.45) is 7.05 Å². The number of hydrogen-bond donors (Lipinski definition) is 1. The lowest BCUT2D eigenvalue weighted by Gasteiger charge is -2.09. The summed E-state index contributed by atoms with van der Waals surface area (Å²) in [5, 5.41) is 16.2. The van der Waals surface area contributed by atoms with E-state index in [1.54, 1.807) is 31.2 Å². The molecule has 0 aliphatic rings. The molecule has 0 saturated carbocycles. The highest BCUT2D eigenvalue weighted by Crippen LogP contribution is 2.24. The summed E-state index contributed by atoms with van der Waals surface area (Å²) in [6, 6.07) is 16.0. The first kappa shape index (κ1) is 20.8. The fourth-order valence-corrected chi connectivity index (χ4v) is 3.89. The number of aromatic nitrogens is 5. The number of nitrogens with zero attached hydrogens (tertiary/aromatic N) is 5. The van der Waals surface area contributed by atoms with Crippen molar-refractivity contribution in [2.75, 3.05) is 11.1 Å². The number of carbonyl (C=O) groups excluding carboxylic acids is 1. The van der Waals surface area contributed by atoms with Crippen LogP contribution in [0.2, 0.25) is 0 Å². The average Bonchev–Trinajstić information content (AvgIpc) is 3.28. The molecular formula is C22H21FN6OS. The third-order valence-electron chi connectivity index (χ3n) is 4.62. The fourth-order valence-electron chi connectivity index (χ4n) is 3.18. The predicted molar refractivity (Wildman–Crippen MR) is 119 cm³/mol. The van der Waals surface area contributed by atoms with E-state index >= 15 is 0 Å². The van der Waals surface area contributed by atoms with Crippen LogP contribution in [0.3, 0.4) is 0 Å². The summed E-state index contributed by atoms with van der Waals surface area (Å²) in [6.07, 6.45) is 0. The van der Waals surface area contributed by atoms with E-state index in [-0.39, 0.29) is 17.3 Å². The third kappa shape index (κ3) is 4.51. The summed E-state index contributed by atoms with van der Waals surface area (Å²) in [4.78, 5) is 12.6. The number of para-hydroxylation sites is 1. The SMILES string of the molecule is Cc1cccc(-c2nnc(SCC(=O)Nc3cc(C)nn3-c3ccccc3F)n2C)c1. The molecule has 0 aliphatic heterocycles. The zero-order chi connectivity index (χ0) is 22.0. The minimum absolute atomic E-state index is 0.126. The maximum atomic E-state index is 14.2. The Kier molecular flexibility index (Phi) is 5.85. The minimum Gasteiger partial charge on any atom is -0.310 e. The highest BCUT2D eigenvalue weighted by atomic mass is 32.2. The molecular weight excluding hydrogens is 415 g/mol. The normalized spacial score (nSPS) is 11.0. The van der Waals surface area contributed by atoms with Crippen LogP contribution in [0.15, 0.2) is 59.8 Å². The number of thioether (sulfide) groups is 1. The van der Waals surface area contributed by atoms with Gasteiger partial charge in [0.2, 0.25) is 5.91 Å². The number of hydrogen-bond acceptors (Lipinski definition) is 5. The topological polar surface area (TPSA) is 77.6 Å². The van der Waals surface area contributed by atoms with Crippen molar-refractivity contribution in [3.63, 3.8) is 0 Å². The van der Waals surface area contributed by atoms with Crippen LogP contribution in [0.25, 0.3) is 17.1 Å². The van der Waals surface area contributed by atoms with Crippen LogP contribution in [-0.2, 0) is 11.8 Å². The lowest BCUT2D eigenvalue weighted by atomic mass is 10.1. The predicted octanol–water partition coefficient (Wildman–Crippen LogP) is 4.15. The van der Waals surface area contributed by atoms with Gasteiger partial charge in [-0.3, -0.25) is 4.79 Å². The second-order valence-electron chi connectivity index (χ2n) is 7.11. The Morgan fingerprint density at radius 3 is 2.68 bits per heavy atom. The highest BCUT2D eigenvalue weighted by molar-refractivity contribution is 7.99. The molecule has 31 heavy (non-hydrogen) atoms. The molecule has 7 nitrogen and oxygen atoms in total. The molecule has 0 radical (unpaired) electrons. The van der Waals surface area contributed by atoms with Crippen LogP contribution >= 0.6 is 11.8 Å². The van der Waals surface area contributed by atoms with Gasteiger partial charge in [-0.1, -0.05) is 47.7 Å². The van der Waals surface area contributed by atoms with Crippen molar-refractivity contribution in [3.8, 4) is 17.1 Å². The molecule has 4 aromatic rings. The molecule has 2 aromatic heterocycles. The van der Waals surface area contributed by atoms with Gasteiger partial charge in [0.15, 0.2) is 11.0 Å². The van der Waals surface area contributed by atoms with Gasteiger partial charge in [0.1, 0.15) is 17.3 Å². The zero-order valence-corrected chi connectivity index (χ0v) is 18.2. The molecule has 2 heterocycles. The van der Waals surface area contributed by atoms with Crippen LogP contribution in [-0.4, -0.2) is 36.2 Å². The minimum atomic E-state index is -0.418. The summed E-state index contributed by atoms with van der Waals surface area (Å²) < 4.78 is 17.4. The maximum absolute atomic E-state index is 14.2. The lowest BCUT2D eigenvalue weighted by molar-refractivity contribution is -0.113. The van der Waals surface area contributed by atoms with E-state index in [4.69, 9.17) is 0 Å². The second kappa shape index (κ2) is 8.73. The number of amides is 1. The van der Waals surface area contributed by atoms with Crippen LogP contribution in [0.4, 0.5) is 10.2 Å². The molecule has 158 valence electrons. The average molecular weight is 437 g/mol. The zero-order valence-electron chi connectivity index (χ0n) is 17.3. The number of anilines is 1. The van der Waals surface area contributed by atoms with Gasteiger partial charge in [0.05, 0.1) is 11.4 Å². The van der Waals surface area contributed by atoms with E-state index in [0.717, 1.165) is 17.0 Å². The summed E-state index contributed by atoms with van der Waals surface area (Å²) in [5.74, 6) is 0.605. The first-order chi connectivity index (χ1) is 14.9. The molecule has 2 aromatic carbocycles. The third-order valence-corrected chi connectivity index (χ3v) is 5.64. The van der Waals surface area contributed by atoms with Crippen molar-refractivity contribution >= 4 is 23.5 Å². The van der Waals surface area contributed by atoms with Crippen molar-refractivity contribution in [2.45, 2.75) is 19.0 Å². The Balaban J connectivity index is 1.46. The van der Waals surface area contributed by atoms with Gasteiger partial charge < -0.3 is 9.88 Å². The Labute approximate surface area is 183 Å². The van der Waals surface area contributed by atoms with E-state index in [1.165, 1.54) is 22.5 Å². The number of rotatable bonds is 6. The van der Waals surface area contributed by atoms with E-state index < -0.39 is 5.82 Å². The number of halogens is 1. The Hall–Kier alpha value is -3.46. The van der Waals surface area contributed by atoms with Crippen molar-refractivity contribution in [1.29, 1.82) is 0 Å². The van der Waals surface area contributed by atoms with Gasteiger partial charge in [-0.25, -0.2) is 9.07 Å². The van der Waals surface area contributed by atoms with E-state index in [2.05, 4.69) is 20.6 Å². The van der Waals surface area contributed by atoms with Crippen LogP contribution in [0, 0.1) is 19.7 Å². The maximum Gasteiger partial charge on any atom is 0.236 e. The van der Waals surface area contributed by atoms with Crippen LogP contribution in [0.5, 0.6) is 0 Å². The van der Waals surface area contributed by atoms with E-state index in [1.807, 2.05) is 42.8 Å². The summed E-state index contributed by atoms with van der Waals surface area (Å²) >= 11 is 1.28. The van der Waals surface area contributed by atoms with Crippen molar-refractivity contribution < 1.29 is 9.18 Å². The van der Waals surface area contributed by atoms with Crippen molar-refractivity contribution in [1.82, 2.24) is 24.5 Å². The summed E-state index contributed by atoms with van der Waals surface area (Å²) in [7, 11) is 1.87. The number of carbonyl (C=O) groups is 1. The second-order valence-corrected chi connectivity index (χ2v) is 8.05. The van der Waals surface area contributed by atoms with E-state index in [9.17, 15) is 9.18 Å². The molecule has 4 rings (SSSR count). The van der Waals surface area contributed by atoms with Gasteiger partial charge in [-0.2, -0.15) is 5.10 Å². The molecule has 0 aliphatic carbocycles. The lowest BCUT2D eigenvalue weighted by Crippen LogP contribution is -2.17. The first-order valence-corrected chi connectivity index (χ1v) is 10.6. The number of nitrogens with one attached hydrogen (secondary N) is 1. The standard InChI is InChI=1S/C22H21FN6OS/c1-14-7-6-8-16(11-14)21-25-26-22(28(21)3)31-13-20(30)24-19-12-15(2)27-29(19)18-10-5-4-9-17(18)23/h4-12H,13H2,1-3H3,(H,24,30). The molecule has 0 unspecified atom stereocenters. The molecule has 0 spiro atoms. The van der Waals surface area contributed by atoms with Crippen LogP contribution in [0.1, 0.15) is 11.3 Å². The monoisotopic (exact) mass is 436 g/mol. The largest absolute Gasteiger partial charge is 0.310 e. The van der Waals surface area contributed by atoms with Gasteiger partial charge in [0.25, 0.3) is 0 Å². The molecule has 0 fully saturated rings. The number of benzene rings is 2. The fraction of sp³-hybridized carbons (Fsp3) is 0.182. The molecule has 1 amide bonds. The Morgan fingerprint density at radius 2 is 1.90 bits per heavy atom. The Morgan fingerprint density at radius 1 is 1.10 bits per heavy atom. The van der Waals surface area contributed by atoms with Crippen LogP contribution < -0.4 is 5.32 Å². The smallest absolute Gasteiger partial charge is 0.236 e. The van der Waals surface area contributed by atoms with Gasteiger partial charge >= 0.3 is 0 Å². The van der Waals surface area contributed by atoms with Crippen molar-refractivity contribution in [3.05, 3.63) is 71.7 Å². The van der Waals surface area contributed by atoms with E-state index in [0.29, 0.717) is 16.7 Å². The molecule has 0 saturated heterocycles. The molecule has 0 bridgehead atoms. The summed E-state index contributed by atoms with van der Waals surface area (Å²) in [6.45, 7) is 3.81. The number of aryl methyl sites for hydroxylation is 2. The first-order valence-electron chi connectivity index (χ1n) is 9.63. The quantitative estimate of drug-likeness (QED) is 0.460. The summed E-state index contributed by atoms with van der Waals surface area (Å²) in [5.41, 5.74) is 3.04.